The van der Waals surface area contributed by atoms with Gasteiger partial charge in [0.2, 0.25) is 0 Å². The van der Waals surface area contributed by atoms with E-state index in [1.807, 2.05) is 0 Å². The number of phenols is 1. The van der Waals surface area contributed by atoms with Crippen molar-refractivity contribution in [2.45, 2.75) is 18.6 Å². The Labute approximate surface area is 90.3 Å². The van der Waals surface area contributed by atoms with Crippen LogP contribution in [0.4, 0.5) is 13.2 Å². The molecule has 0 fully saturated rings. The Hall–Kier alpha value is -1.27. The molecule has 0 heterocycles. The lowest BCUT2D eigenvalue weighted by Crippen LogP contribution is -2.18. The van der Waals surface area contributed by atoms with Crippen LogP contribution in [0.5, 0.6) is 5.75 Å². The van der Waals surface area contributed by atoms with Crippen molar-refractivity contribution < 1.29 is 23.4 Å². The number of hydrogen-bond acceptors (Lipinski definition) is 3. The van der Waals surface area contributed by atoms with Crippen molar-refractivity contribution in [1.29, 1.82) is 0 Å². The van der Waals surface area contributed by atoms with E-state index in [9.17, 15) is 13.2 Å². The second-order valence-electron chi connectivity index (χ2n) is 3.39. The van der Waals surface area contributed by atoms with Gasteiger partial charge in [0.05, 0.1) is 5.56 Å². The summed E-state index contributed by atoms with van der Waals surface area (Å²) >= 11 is 0. The van der Waals surface area contributed by atoms with Gasteiger partial charge in [0.25, 0.3) is 0 Å². The summed E-state index contributed by atoms with van der Waals surface area (Å²) in [5.74, 6) is -0.465. The van der Waals surface area contributed by atoms with E-state index in [0.717, 1.165) is 12.1 Å². The Morgan fingerprint density at radius 2 is 1.94 bits per heavy atom. The summed E-state index contributed by atoms with van der Waals surface area (Å²) in [7, 11) is 0. The van der Waals surface area contributed by atoms with Gasteiger partial charge in [0, 0.05) is 12.6 Å². The first-order valence-corrected chi connectivity index (χ1v) is 4.63. The highest BCUT2D eigenvalue weighted by atomic mass is 19.4. The smallest absolute Gasteiger partial charge is 0.416 e. The van der Waals surface area contributed by atoms with E-state index in [1.165, 1.54) is 0 Å². The van der Waals surface area contributed by atoms with E-state index in [1.54, 1.807) is 0 Å². The minimum atomic E-state index is -4.57. The average molecular weight is 235 g/mol. The third-order valence-corrected chi connectivity index (χ3v) is 2.18. The van der Waals surface area contributed by atoms with Crippen molar-refractivity contribution in [2.75, 3.05) is 6.61 Å². The molecule has 0 radical (unpaired) electrons. The third-order valence-electron chi connectivity index (χ3n) is 2.18. The molecule has 1 aromatic rings. The van der Waals surface area contributed by atoms with Crippen LogP contribution in [0.15, 0.2) is 18.2 Å². The SMILES string of the molecule is N[C@H](CCO)c1ccc(O)cc1C(F)(F)F. The van der Waals surface area contributed by atoms with Crippen LogP contribution in [0, 0.1) is 0 Å². The van der Waals surface area contributed by atoms with Crippen molar-refractivity contribution in [3.63, 3.8) is 0 Å². The third kappa shape index (κ3) is 2.86. The van der Waals surface area contributed by atoms with Gasteiger partial charge in [0.1, 0.15) is 5.75 Å². The minimum absolute atomic E-state index is 0.0356. The standard InChI is InChI=1S/C10H12F3NO2/c11-10(12,13)8-5-6(16)1-2-7(8)9(14)3-4-15/h1-2,5,9,15-16H,3-4,14H2/t9-/m1/s1. The predicted molar refractivity (Wildman–Crippen MR) is 51.7 cm³/mol. The van der Waals surface area contributed by atoms with Crippen molar-refractivity contribution in [1.82, 2.24) is 0 Å². The first-order chi connectivity index (χ1) is 7.36. The molecular weight excluding hydrogens is 223 g/mol. The predicted octanol–water partition coefficient (Wildman–Crippen LogP) is 1.79. The van der Waals surface area contributed by atoms with Gasteiger partial charge >= 0.3 is 6.18 Å². The molecule has 1 rings (SSSR count). The van der Waals surface area contributed by atoms with Crippen LogP contribution in [-0.2, 0) is 6.18 Å². The molecule has 0 aliphatic rings. The molecule has 1 aromatic carbocycles. The highest BCUT2D eigenvalue weighted by molar-refractivity contribution is 5.38. The number of aromatic hydroxyl groups is 1. The number of phenolic OH excluding ortho intramolecular Hbond substituents is 1. The topological polar surface area (TPSA) is 66.5 Å². The average Bonchev–Trinajstić information content (AvgIpc) is 2.16. The molecule has 0 aromatic heterocycles. The van der Waals surface area contributed by atoms with Crippen LogP contribution in [0.2, 0.25) is 0 Å². The summed E-state index contributed by atoms with van der Waals surface area (Å²) in [5.41, 5.74) is 4.42. The molecule has 4 N–H and O–H groups in total. The molecule has 0 aliphatic carbocycles. The fourth-order valence-electron chi connectivity index (χ4n) is 1.41. The fourth-order valence-corrected chi connectivity index (χ4v) is 1.41. The number of rotatable bonds is 3. The molecule has 90 valence electrons. The monoisotopic (exact) mass is 235 g/mol. The maximum Gasteiger partial charge on any atom is 0.416 e. The van der Waals surface area contributed by atoms with Gasteiger partial charge in [-0.25, -0.2) is 0 Å². The zero-order chi connectivity index (χ0) is 12.3. The van der Waals surface area contributed by atoms with Crippen LogP contribution in [0.1, 0.15) is 23.6 Å². The Balaban J connectivity index is 3.18. The van der Waals surface area contributed by atoms with Crippen molar-refractivity contribution >= 4 is 0 Å². The van der Waals surface area contributed by atoms with E-state index >= 15 is 0 Å². The Kier molecular flexibility index (Phi) is 3.77. The van der Waals surface area contributed by atoms with E-state index in [0.29, 0.717) is 6.07 Å². The van der Waals surface area contributed by atoms with Gasteiger partial charge < -0.3 is 15.9 Å². The number of alkyl halides is 3. The fraction of sp³-hybridized carbons (Fsp3) is 0.400. The lowest BCUT2D eigenvalue weighted by Gasteiger charge is -2.17. The number of hydrogen-bond donors (Lipinski definition) is 3. The minimum Gasteiger partial charge on any atom is -0.508 e. The zero-order valence-electron chi connectivity index (χ0n) is 8.33. The van der Waals surface area contributed by atoms with E-state index in [2.05, 4.69) is 0 Å². The second-order valence-corrected chi connectivity index (χ2v) is 3.39. The number of aliphatic hydroxyl groups is 1. The number of nitrogens with two attached hydrogens (primary N) is 1. The first kappa shape index (κ1) is 12.8. The van der Waals surface area contributed by atoms with Gasteiger partial charge in [-0.1, -0.05) is 6.07 Å². The molecule has 6 heteroatoms. The quantitative estimate of drug-likeness (QED) is 0.748. The summed E-state index contributed by atoms with van der Waals surface area (Å²) in [5, 5.41) is 17.7. The van der Waals surface area contributed by atoms with E-state index < -0.39 is 23.5 Å². The Morgan fingerprint density at radius 3 is 2.44 bits per heavy atom. The molecule has 0 amide bonds. The number of benzene rings is 1. The van der Waals surface area contributed by atoms with Crippen molar-refractivity contribution in [3.05, 3.63) is 29.3 Å². The molecule has 0 spiro atoms. The summed E-state index contributed by atoms with van der Waals surface area (Å²) in [6.07, 6.45) is -4.53. The van der Waals surface area contributed by atoms with Crippen molar-refractivity contribution in [2.24, 2.45) is 5.73 Å². The highest BCUT2D eigenvalue weighted by Crippen LogP contribution is 2.36. The molecule has 0 bridgehead atoms. The van der Waals surface area contributed by atoms with Gasteiger partial charge in [-0.3, -0.25) is 0 Å². The van der Waals surface area contributed by atoms with E-state index in [-0.39, 0.29) is 18.6 Å². The van der Waals surface area contributed by atoms with Crippen LogP contribution >= 0.6 is 0 Å². The normalized spacial score (nSPS) is 13.8. The van der Waals surface area contributed by atoms with Crippen LogP contribution in [-0.4, -0.2) is 16.8 Å². The molecule has 0 saturated carbocycles. The largest absolute Gasteiger partial charge is 0.508 e. The molecule has 16 heavy (non-hydrogen) atoms. The number of aliphatic hydroxyl groups excluding tert-OH is 1. The maximum absolute atomic E-state index is 12.6. The van der Waals surface area contributed by atoms with Gasteiger partial charge in [0.15, 0.2) is 0 Å². The zero-order valence-corrected chi connectivity index (χ0v) is 8.33. The maximum atomic E-state index is 12.6. The van der Waals surface area contributed by atoms with Gasteiger partial charge in [-0.05, 0) is 24.1 Å². The lowest BCUT2D eigenvalue weighted by molar-refractivity contribution is -0.138. The van der Waals surface area contributed by atoms with Crippen LogP contribution in [0.3, 0.4) is 0 Å². The van der Waals surface area contributed by atoms with Crippen LogP contribution in [0.25, 0.3) is 0 Å². The first-order valence-electron chi connectivity index (χ1n) is 4.63. The van der Waals surface area contributed by atoms with Gasteiger partial charge in [-0.2, -0.15) is 13.2 Å². The molecular formula is C10H12F3NO2. The molecule has 0 unspecified atom stereocenters. The highest BCUT2D eigenvalue weighted by Gasteiger charge is 2.34. The summed E-state index contributed by atoms with van der Waals surface area (Å²) in [4.78, 5) is 0. The molecule has 0 saturated heterocycles. The number of halogens is 3. The van der Waals surface area contributed by atoms with Crippen LogP contribution < -0.4 is 5.73 Å². The molecule has 0 aliphatic heterocycles. The van der Waals surface area contributed by atoms with Crippen molar-refractivity contribution in [3.8, 4) is 5.75 Å². The summed E-state index contributed by atoms with van der Waals surface area (Å²) in [6.45, 7) is -0.292. The molecule has 1 atom stereocenters. The van der Waals surface area contributed by atoms with E-state index in [4.69, 9.17) is 15.9 Å². The van der Waals surface area contributed by atoms with Gasteiger partial charge in [-0.15, -0.1) is 0 Å². The lowest BCUT2D eigenvalue weighted by atomic mass is 9.98. The second kappa shape index (κ2) is 4.71. The molecule has 3 nitrogen and oxygen atoms in total. The Morgan fingerprint density at radius 1 is 1.31 bits per heavy atom. The summed E-state index contributed by atoms with van der Waals surface area (Å²) in [6, 6.07) is 1.99. The summed E-state index contributed by atoms with van der Waals surface area (Å²) < 4.78 is 37.8. The Bertz CT molecular complexity index is 366.